The number of nitrogens with zero attached hydrogens (tertiary/aromatic N) is 3. The molecule has 1 saturated heterocycles. The van der Waals surface area contributed by atoms with Crippen LogP contribution in [0.2, 0.25) is 5.02 Å². The molecule has 1 amide bonds. The molecule has 4 nitrogen and oxygen atoms in total. The first kappa shape index (κ1) is 20.4. The van der Waals surface area contributed by atoms with E-state index < -0.39 is 0 Å². The number of carbonyl (C=O) groups is 1. The number of aryl methyl sites for hydroxylation is 1. The second kappa shape index (κ2) is 8.10. The molecule has 1 aliphatic carbocycles. The van der Waals surface area contributed by atoms with Crippen LogP contribution >= 0.6 is 11.6 Å². The first-order chi connectivity index (χ1) is 13.9. The highest BCUT2D eigenvalue weighted by Crippen LogP contribution is 2.44. The number of carbonyl (C=O) groups excluding carboxylic acids is 1. The molecular formula is C24H30ClN3O. The van der Waals surface area contributed by atoms with Crippen molar-refractivity contribution in [2.24, 2.45) is 0 Å². The largest absolute Gasteiger partial charge is 0.345 e. The quantitative estimate of drug-likeness (QED) is 0.759. The summed E-state index contributed by atoms with van der Waals surface area (Å²) in [5.74, 6) is 0.464. The lowest BCUT2D eigenvalue weighted by Crippen LogP contribution is -2.35. The standard InChI is InChI=1S/C24H30ClN3O/c1-26(2)22-15-28(21-13-12-17-6-5-7-20(25)23(17)21)14-19(22)16-8-10-18(11-9-16)24(29)27(3)4/h5-11,19,21-22H,12-15H2,1-4H3/t19-,21?,22+/m1/s1. The molecule has 0 saturated carbocycles. The summed E-state index contributed by atoms with van der Waals surface area (Å²) in [5.41, 5.74) is 4.78. The third-order valence-electron chi connectivity index (χ3n) is 6.58. The number of halogens is 1. The van der Waals surface area contributed by atoms with Gasteiger partial charge in [-0.1, -0.05) is 35.9 Å². The van der Waals surface area contributed by atoms with Gasteiger partial charge in [0, 0.05) is 55.8 Å². The average molecular weight is 412 g/mol. The van der Waals surface area contributed by atoms with Crippen molar-refractivity contribution in [2.45, 2.75) is 30.8 Å². The van der Waals surface area contributed by atoms with Crippen molar-refractivity contribution in [3.05, 3.63) is 69.7 Å². The van der Waals surface area contributed by atoms with Crippen LogP contribution in [0, 0.1) is 0 Å². The number of likely N-dealkylation sites (tertiary alicyclic amines) is 1. The molecule has 3 atom stereocenters. The zero-order valence-corrected chi connectivity index (χ0v) is 18.5. The van der Waals surface area contributed by atoms with E-state index in [0.29, 0.717) is 18.0 Å². The summed E-state index contributed by atoms with van der Waals surface area (Å²) < 4.78 is 0. The monoisotopic (exact) mass is 411 g/mol. The first-order valence-corrected chi connectivity index (χ1v) is 10.7. The predicted octanol–water partition coefficient (Wildman–Crippen LogP) is 4.06. The fourth-order valence-electron chi connectivity index (χ4n) is 5.03. The normalized spacial score (nSPS) is 24.1. The molecule has 0 radical (unpaired) electrons. The van der Waals surface area contributed by atoms with Gasteiger partial charge in [0.25, 0.3) is 5.91 Å². The van der Waals surface area contributed by atoms with Crippen molar-refractivity contribution in [2.75, 3.05) is 41.3 Å². The fraction of sp³-hybridized carbons (Fsp3) is 0.458. The summed E-state index contributed by atoms with van der Waals surface area (Å²) in [5, 5.41) is 0.904. The Hall–Kier alpha value is -1.88. The number of hydrogen-bond donors (Lipinski definition) is 0. The van der Waals surface area contributed by atoms with Crippen LogP contribution in [0.15, 0.2) is 42.5 Å². The van der Waals surface area contributed by atoms with Gasteiger partial charge in [0.2, 0.25) is 0 Å². The van der Waals surface area contributed by atoms with E-state index in [4.69, 9.17) is 11.6 Å². The lowest BCUT2D eigenvalue weighted by molar-refractivity contribution is 0.0827. The molecule has 0 spiro atoms. The second-order valence-corrected chi connectivity index (χ2v) is 9.19. The number of benzene rings is 2. The molecule has 2 aliphatic rings. The van der Waals surface area contributed by atoms with Gasteiger partial charge in [-0.2, -0.15) is 0 Å². The van der Waals surface area contributed by atoms with Gasteiger partial charge in [-0.25, -0.2) is 0 Å². The summed E-state index contributed by atoms with van der Waals surface area (Å²) in [6.07, 6.45) is 2.25. The fourth-order valence-corrected chi connectivity index (χ4v) is 5.35. The lowest BCUT2D eigenvalue weighted by atomic mass is 9.93. The Labute approximate surface area is 179 Å². The third-order valence-corrected chi connectivity index (χ3v) is 6.91. The van der Waals surface area contributed by atoms with Crippen LogP contribution in [-0.4, -0.2) is 67.9 Å². The molecule has 1 heterocycles. The minimum absolute atomic E-state index is 0.0472. The molecule has 154 valence electrons. The lowest BCUT2D eigenvalue weighted by Gasteiger charge is -2.27. The summed E-state index contributed by atoms with van der Waals surface area (Å²) in [6, 6.07) is 15.4. The number of likely N-dealkylation sites (N-methyl/N-ethyl adjacent to an activating group) is 1. The summed E-state index contributed by atoms with van der Waals surface area (Å²) >= 11 is 6.59. The van der Waals surface area contributed by atoms with Crippen LogP contribution in [0.25, 0.3) is 0 Å². The molecule has 2 aromatic carbocycles. The van der Waals surface area contributed by atoms with E-state index in [1.165, 1.54) is 16.7 Å². The number of rotatable bonds is 4. The molecule has 1 fully saturated rings. The summed E-state index contributed by atoms with van der Waals surface area (Å²) in [6.45, 7) is 2.05. The maximum atomic E-state index is 12.2. The smallest absolute Gasteiger partial charge is 0.253 e. The maximum absolute atomic E-state index is 12.2. The van der Waals surface area contributed by atoms with Crippen molar-refractivity contribution in [1.29, 1.82) is 0 Å². The molecule has 1 unspecified atom stereocenters. The van der Waals surface area contributed by atoms with E-state index in [1.807, 2.05) is 18.2 Å². The van der Waals surface area contributed by atoms with Gasteiger partial charge in [-0.05, 0) is 61.8 Å². The van der Waals surface area contributed by atoms with E-state index in [1.54, 1.807) is 19.0 Å². The molecule has 1 aliphatic heterocycles. The van der Waals surface area contributed by atoms with Crippen molar-refractivity contribution >= 4 is 17.5 Å². The van der Waals surface area contributed by atoms with E-state index in [9.17, 15) is 4.79 Å². The van der Waals surface area contributed by atoms with Crippen LogP contribution in [0.4, 0.5) is 0 Å². The third kappa shape index (κ3) is 3.81. The Morgan fingerprint density at radius 2 is 1.76 bits per heavy atom. The Morgan fingerprint density at radius 3 is 2.41 bits per heavy atom. The minimum atomic E-state index is 0.0472. The van der Waals surface area contributed by atoms with E-state index in [-0.39, 0.29) is 5.91 Å². The second-order valence-electron chi connectivity index (χ2n) is 8.78. The van der Waals surface area contributed by atoms with Gasteiger partial charge < -0.3 is 9.80 Å². The van der Waals surface area contributed by atoms with Crippen LogP contribution < -0.4 is 0 Å². The van der Waals surface area contributed by atoms with Gasteiger partial charge in [0.05, 0.1) is 0 Å². The topological polar surface area (TPSA) is 26.8 Å². The molecule has 29 heavy (non-hydrogen) atoms. The molecular weight excluding hydrogens is 382 g/mol. The van der Waals surface area contributed by atoms with Gasteiger partial charge in [0.1, 0.15) is 0 Å². The highest BCUT2D eigenvalue weighted by atomic mass is 35.5. The van der Waals surface area contributed by atoms with Crippen LogP contribution in [-0.2, 0) is 6.42 Å². The summed E-state index contributed by atoms with van der Waals surface area (Å²) in [7, 11) is 7.91. The number of fused-ring (bicyclic) bond motifs is 1. The molecule has 4 rings (SSSR count). The highest BCUT2D eigenvalue weighted by molar-refractivity contribution is 6.31. The van der Waals surface area contributed by atoms with Crippen molar-refractivity contribution in [1.82, 2.24) is 14.7 Å². The van der Waals surface area contributed by atoms with Gasteiger partial charge >= 0.3 is 0 Å². The van der Waals surface area contributed by atoms with Gasteiger partial charge in [0.15, 0.2) is 0 Å². The summed E-state index contributed by atoms with van der Waals surface area (Å²) in [4.78, 5) is 18.8. The highest BCUT2D eigenvalue weighted by Gasteiger charge is 2.40. The van der Waals surface area contributed by atoms with Crippen molar-refractivity contribution < 1.29 is 4.79 Å². The Balaban J connectivity index is 1.58. The van der Waals surface area contributed by atoms with Crippen LogP contribution in [0.5, 0.6) is 0 Å². The van der Waals surface area contributed by atoms with E-state index >= 15 is 0 Å². The van der Waals surface area contributed by atoms with Crippen molar-refractivity contribution in [3.63, 3.8) is 0 Å². The maximum Gasteiger partial charge on any atom is 0.253 e. The van der Waals surface area contributed by atoms with E-state index in [2.05, 4.69) is 48.2 Å². The zero-order valence-electron chi connectivity index (χ0n) is 17.7. The van der Waals surface area contributed by atoms with Crippen LogP contribution in [0.1, 0.15) is 45.4 Å². The van der Waals surface area contributed by atoms with E-state index in [0.717, 1.165) is 36.5 Å². The van der Waals surface area contributed by atoms with Gasteiger partial charge in [-0.3, -0.25) is 9.69 Å². The molecule has 5 heteroatoms. The first-order valence-electron chi connectivity index (χ1n) is 10.4. The minimum Gasteiger partial charge on any atom is -0.345 e. The zero-order chi connectivity index (χ0) is 20.7. The molecule has 0 N–H and O–H groups in total. The van der Waals surface area contributed by atoms with Gasteiger partial charge in [-0.15, -0.1) is 0 Å². The van der Waals surface area contributed by atoms with Crippen LogP contribution in [0.3, 0.4) is 0 Å². The Bertz CT molecular complexity index is 893. The van der Waals surface area contributed by atoms with Crippen molar-refractivity contribution in [3.8, 4) is 0 Å². The average Bonchev–Trinajstić information content (AvgIpc) is 3.32. The molecule has 2 aromatic rings. The SMILES string of the molecule is CN(C)C(=O)c1ccc([C@H]2CN(C3CCc4cccc(Cl)c43)C[C@@H]2N(C)C)cc1. The number of hydrogen-bond acceptors (Lipinski definition) is 3. The molecule has 0 aromatic heterocycles. The molecule has 0 bridgehead atoms. The number of amides is 1. The Kier molecular flexibility index (Phi) is 5.69. The Morgan fingerprint density at radius 1 is 1.03 bits per heavy atom. The predicted molar refractivity (Wildman–Crippen MR) is 119 cm³/mol.